The van der Waals surface area contributed by atoms with E-state index in [0.29, 0.717) is 5.92 Å². The molecule has 1 N–H and O–H groups in total. The fraction of sp³-hybridized carbons (Fsp3) is 0.222. The quantitative estimate of drug-likeness (QED) is 0.677. The molecule has 0 aliphatic heterocycles. The third-order valence-corrected chi connectivity index (χ3v) is 3.73. The van der Waals surface area contributed by atoms with Gasteiger partial charge < -0.3 is 4.42 Å². The number of allylic oxidation sites excluding steroid dienone is 1. The minimum Gasteiger partial charge on any atom is -0.465 e. The van der Waals surface area contributed by atoms with Crippen LogP contribution in [0.2, 0.25) is 0 Å². The number of rotatable bonds is 5. The van der Waals surface area contributed by atoms with E-state index in [1.54, 1.807) is 12.3 Å². The Morgan fingerprint density at radius 3 is 2.82 bits per heavy atom. The van der Waals surface area contributed by atoms with Gasteiger partial charge in [-0.1, -0.05) is 30.3 Å². The van der Waals surface area contributed by atoms with E-state index in [1.165, 1.54) is 5.56 Å². The van der Waals surface area contributed by atoms with Crippen LogP contribution in [-0.4, -0.2) is 11.6 Å². The molecule has 1 saturated carbocycles. The van der Waals surface area contributed by atoms with Crippen molar-refractivity contribution in [1.29, 1.82) is 0 Å². The second kappa shape index (κ2) is 6.43. The Bertz CT molecular complexity index is 687. The maximum atomic E-state index is 12.1. The highest BCUT2D eigenvalue weighted by Crippen LogP contribution is 2.47. The topological polar surface area (TPSA) is 54.6 Å². The Kier molecular flexibility index (Phi) is 4.19. The van der Waals surface area contributed by atoms with Gasteiger partial charge in [0.15, 0.2) is 0 Å². The van der Waals surface area contributed by atoms with E-state index in [-0.39, 0.29) is 11.8 Å². The van der Waals surface area contributed by atoms with Gasteiger partial charge in [-0.2, -0.15) is 5.10 Å². The van der Waals surface area contributed by atoms with E-state index in [1.807, 2.05) is 43.3 Å². The molecule has 4 heteroatoms. The zero-order valence-electron chi connectivity index (χ0n) is 12.4. The van der Waals surface area contributed by atoms with E-state index < -0.39 is 0 Å². The number of furan rings is 1. The van der Waals surface area contributed by atoms with Crippen molar-refractivity contribution in [2.75, 3.05) is 0 Å². The SMILES string of the molecule is CC(/C=C\c1ccco1)=N/NC(=O)C1CC1c1ccccc1. The summed E-state index contributed by atoms with van der Waals surface area (Å²) in [6.45, 7) is 1.83. The minimum absolute atomic E-state index is 0.0143. The molecule has 22 heavy (non-hydrogen) atoms. The fourth-order valence-electron chi connectivity index (χ4n) is 2.41. The summed E-state index contributed by atoms with van der Waals surface area (Å²) in [5.74, 6) is 1.11. The van der Waals surface area contributed by atoms with Gasteiger partial charge >= 0.3 is 0 Å². The number of carbonyl (C=O) groups is 1. The molecule has 2 atom stereocenters. The molecule has 1 aromatic heterocycles. The van der Waals surface area contributed by atoms with Crippen molar-refractivity contribution in [3.05, 3.63) is 66.1 Å². The Morgan fingerprint density at radius 2 is 2.09 bits per heavy atom. The number of hydrazone groups is 1. The van der Waals surface area contributed by atoms with Gasteiger partial charge in [0.2, 0.25) is 5.91 Å². The molecule has 1 aromatic carbocycles. The Labute approximate surface area is 129 Å². The Morgan fingerprint density at radius 1 is 1.27 bits per heavy atom. The average molecular weight is 294 g/mol. The maximum Gasteiger partial charge on any atom is 0.243 e. The first-order valence-electron chi connectivity index (χ1n) is 7.35. The predicted octanol–water partition coefficient (Wildman–Crippen LogP) is 3.59. The van der Waals surface area contributed by atoms with Crippen LogP contribution < -0.4 is 5.43 Å². The summed E-state index contributed by atoms with van der Waals surface area (Å²) in [7, 11) is 0. The molecular formula is C18H18N2O2. The molecule has 1 heterocycles. The molecule has 1 amide bonds. The first kappa shape index (κ1) is 14.3. The molecule has 0 spiro atoms. The first-order chi connectivity index (χ1) is 10.7. The van der Waals surface area contributed by atoms with E-state index >= 15 is 0 Å². The average Bonchev–Trinajstić information content (AvgIpc) is 3.19. The van der Waals surface area contributed by atoms with Gasteiger partial charge in [0, 0.05) is 5.92 Å². The van der Waals surface area contributed by atoms with Gasteiger partial charge in [0.1, 0.15) is 5.76 Å². The molecule has 112 valence electrons. The summed E-state index contributed by atoms with van der Waals surface area (Å²) < 4.78 is 5.19. The van der Waals surface area contributed by atoms with E-state index in [9.17, 15) is 4.79 Å². The lowest BCUT2D eigenvalue weighted by molar-refractivity contribution is -0.122. The van der Waals surface area contributed by atoms with Crippen LogP contribution >= 0.6 is 0 Å². The minimum atomic E-state index is -0.0143. The lowest BCUT2D eigenvalue weighted by Crippen LogP contribution is -2.21. The van der Waals surface area contributed by atoms with Gasteiger partial charge in [0.05, 0.1) is 12.0 Å². The van der Waals surface area contributed by atoms with Gasteiger partial charge in [-0.15, -0.1) is 0 Å². The van der Waals surface area contributed by atoms with Gasteiger partial charge in [-0.05, 0) is 49.1 Å². The van der Waals surface area contributed by atoms with E-state index in [0.717, 1.165) is 17.9 Å². The van der Waals surface area contributed by atoms with Crippen LogP contribution in [0.1, 0.15) is 30.6 Å². The standard InChI is InChI=1S/C18H18N2O2/c1-13(9-10-15-8-5-11-22-15)19-20-18(21)17-12-16(17)14-6-3-2-4-7-14/h2-11,16-17H,12H2,1H3,(H,20,21)/b10-9-,19-13-. The van der Waals surface area contributed by atoms with Gasteiger partial charge in [-0.25, -0.2) is 5.43 Å². The molecule has 0 bridgehead atoms. The smallest absolute Gasteiger partial charge is 0.243 e. The van der Waals surface area contributed by atoms with Crippen molar-refractivity contribution in [1.82, 2.24) is 5.43 Å². The second-order valence-electron chi connectivity index (χ2n) is 5.44. The van der Waals surface area contributed by atoms with Crippen LogP contribution in [0.25, 0.3) is 6.08 Å². The summed E-state index contributed by atoms with van der Waals surface area (Å²) >= 11 is 0. The molecule has 1 aliphatic rings. The van der Waals surface area contributed by atoms with Crippen molar-refractivity contribution < 1.29 is 9.21 Å². The van der Waals surface area contributed by atoms with Crippen LogP contribution in [0, 0.1) is 5.92 Å². The second-order valence-corrected chi connectivity index (χ2v) is 5.44. The number of nitrogens with one attached hydrogen (secondary N) is 1. The zero-order valence-corrected chi connectivity index (χ0v) is 12.4. The molecule has 2 unspecified atom stereocenters. The highest BCUT2D eigenvalue weighted by molar-refractivity contribution is 5.97. The van der Waals surface area contributed by atoms with Crippen molar-refractivity contribution in [3.63, 3.8) is 0 Å². The van der Waals surface area contributed by atoms with Crippen molar-refractivity contribution >= 4 is 17.7 Å². The Balaban J connectivity index is 1.51. The largest absolute Gasteiger partial charge is 0.465 e. The number of amides is 1. The third kappa shape index (κ3) is 3.52. The van der Waals surface area contributed by atoms with Crippen LogP contribution in [0.5, 0.6) is 0 Å². The number of carbonyl (C=O) groups excluding carboxylic acids is 1. The number of hydrogen-bond donors (Lipinski definition) is 1. The van der Waals surface area contributed by atoms with Crippen LogP contribution in [-0.2, 0) is 4.79 Å². The molecule has 4 nitrogen and oxygen atoms in total. The summed E-state index contributed by atoms with van der Waals surface area (Å²) in [5, 5.41) is 4.10. The fourth-order valence-corrected chi connectivity index (χ4v) is 2.41. The van der Waals surface area contributed by atoms with Crippen molar-refractivity contribution in [3.8, 4) is 0 Å². The summed E-state index contributed by atoms with van der Waals surface area (Å²) in [4.78, 5) is 12.1. The molecule has 0 radical (unpaired) electrons. The monoisotopic (exact) mass is 294 g/mol. The third-order valence-electron chi connectivity index (χ3n) is 3.73. The molecule has 2 aromatic rings. The van der Waals surface area contributed by atoms with Crippen molar-refractivity contribution in [2.45, 2.75) is 19.3 Å². The van der Waals surface area contributed by atoms with Crippen LogP contribution in [0.15, 0.2) is 64.3 Å². The summed E-state index contributed by atoms with van der Waals surface area (Å²) in [6.07, 6.45) is 6.13. The van der Waals surface area contributed by atoms with E-state index in [2.05, 4.69) is 22.7 Å². The maximum absolute atomic E-state index is 12.1. The zero-order chi connectivity index (χ0) is 15.4. The number of nitrogens with zero attached hydrogens (tertiary/aromatic N) is 1. The summed E-state index contributed by atoms with van der Waals surface area (Å²) in [6, 6.07) is 13.8. The molecule has 0 saturated heterocycles. The lowest BCUT2D eigenvalue weighted by atomic mass is 10.1. The van der Waals surface area contributed by atoms with Crippen LogP contribution in [0.3, 0.4) is 0 Å². The molecule has 3 rings (SSSR count). The first-order valence-corrected chi connectivity index (χ1v) is 7.35. The molecule has 1 fully saturated rings. The molecular weight excluding hydrogens is 276 g/mol. The molecule has 1 aliphatic carbocycles. The summed E-state index contributed by atoms with van der Waals surface area (Å²) in [5.41, 5.74) is 4.59. The Hall–Kier alpha value is -2.62. The van der Waals surface area contributed by atoms with Gasteiger partial charge in [-0.3, -0.25) is 4.79 Å². The highest BCUT2D eigenvalue weighted by Gasteiger charge is 2.43. The van der Waals surface area contributed by atoms with E-state index in [4.69, 9.17) is 4.42 Å². The normalized spacial score (nSPS) is 21.0. The van der Waals surface area contributed by atoms with Crippen LogP contribution in [0.4, 0.5) is 0 Å². The highest BCUT2D eigenvalue weighted by atomic mass is 16.3. The van der Waals surface area contributed by atoms with Gasteiger partial charge in [0.25, 0.3) is 0 Å². The predicted molar refractivity (Wildman–Crippen MR) is 86.3 cm³/mol. The van der Waals surface area contributed by atoms with Crippen molar-refractivity contribution in [2.24, 2.45) is 11.0 Å². The lowest BCUT2D eigenvalue weighted by Gasteiger charge is -2.00. The number of benzene rings is 1. The number of hydrogen-bond acceptors (Lipinski definition) is 3.